The van der Waals surface area contributed by atoms with E-state index in [2.05, 4.69) is 4.99 Å². The first-order chi connectivity index (χ1) is 8.91. The van der Waals surface area contributed by atoms with Crippen molar-refractivity contribution in [2.45, 2.75) is 6.42 Å². The lowest BCUT2D eigenvalue weighted by Gasteiger charge is -2.04. The Kier molecular flexibility index (Phi) is 8.17. The van der Waals surface area contributed by atoms with Gasteiger partial charge >= 0.3 is 0 Å². The molecule has 0 saturated heterocycles. The average Bonchev–Trinajstić information content (AvgIpc) is 2.30. The van der Waals surface area contributed by atoms with Crippen LogP contribution in [0.5, 0.6) is 5.75 Å². The van der Waals surface area contributed by atoms with Crippen molar-refractivity contribution in [2.75, 3.05) is 13.2 Å². The van der Waals surface area contributed by atoms with Gasteiger partial charge in [0, 0.05) is 13.0 Å². The van der Waals surface area contributed by atoms with Crippen molar-refractivity contribution in [1.29, 1.82) is 0 Å². The van der Waals surface area contributed by atoms with Crippen LogP contribution in [0.25, 0.3) is 0 Å². The van der Waals surface area contributed by atoms with Crippen LogP contribution in [0.2, 0.25) is 0 Å². The molecule has 1 aromatic carbocycles. The summed E-state index contributed by atoms with van der Waals surface area (Å²) in [6.45, 7) is 1.03. The standard InChI is InChI=1S/C10H14FN3O.HNO3/c11-8-2-4-9(5-3-8)15-7-1-6-14-10(12)13;2-1(3)4/h2-5H,1,6-7H2,(H4,12,13,14);(H,2,3,4). The monoisotopic (exact) mass is 274 g/mol. The largest absolute Gasteiger partial charge is 0.494 e. The highest BCUT2D eigenvalue weighted by Crippen LogP contribution is 2.10. The van der Waals surface area contributed by atoms with E-state index in [1.807, 2.05) is 0 Å². The van der Waals surface area contributed by atoms with Gasteiger partial charge < -0.3 is 21.4 Å². The van der Waals surface area contributed by atoms with E-state index in [0.717, 1.165) is 6.42 Å². The number of nitrogens with zero attached hydrogens (tertiary/aromatic N) is 2. The molecule has 0 saturated carbocycles. The Labute approximate surface area is 108 Å². The SMILES string of the molecule is NC(N)=NCCCOc1ccc(F)cc1.O=[N+]([O-])O. The number of guanidine groups is 1. The van der Waals surface area contributed by atoms with E-state index < -0.39 is 5.09 Å². The first kappa shape index (κ1) is 16.4. The Morgan fingerprint density at radius 3 is 2.42 bits per heavy atom. The quantitative estimate of drug-likeness (QED) is 0.235. The highest BCUT2D eigenvalue weighted by atomic mass is 19.1. The maximum absolute atomic E-state index is 12.5. The smallest absolute Gasteiger partial charge is 0.291 e. The van der Waals surface area contributed by atoms with E-state index in [-0.39, 0.29) is 11.8 Å². The molecule has 0 amide bonds. The third-order valence-electron chi connectivity index (χ3n) is 1.68. The minimum absolute atomic E-state index is 0.0804. The average molecular weight is 274 g/mol. The van der Waals surface area contributed by atoms with E-state index in [9.17, 15) is 4.39 Å². The van der Waals surface area contributed by atoms with E-state index in [0.29, 0.717) is 18.9 Å². The van der Waals surface area contributed by atoms with Gasteiger partial charge in [0.1, 0.15) is 11.6 Å². The summed E-state index contributed by atoms with van der Waals surface area (Å²) in [5, 5.41) is 13.6. The summed E-state index contributed by atoms with van der Waals surface area (Å²) in [6, 6.07) is 5.86. The van der Waals surface area contributed by atoms with Gasteiger partial charge in [-0.3, -0.25) is 4.99 Å². The normalized spacial score (nSPS) is 8.89. The first-order valence-electron chi connectivity index (χ1n) is 5.19. The van der Waals surface area contributed by atoms with Crippen LogP contribution in [0.3, 0.4) is 0 Å². The maximum atomic E-state index is 12.5. The zero-order valence-electron chi connectivity index (χ0n) is 10.0. The number of rotatable bonds is 5. The number of halogens is 1. The molecule has 0 aliphatic carbocycles. The molecule has 5 N–H and O–H groups in total. The van der Waals surface area contributed by atoms with Crippen LogP contribution < -0.4 is 16.2 Å². The van der Waals surface area contributed by atoms with Crippen LogP contribution in [-0.2, 0) is 0 Å². The molecule has 1 rings (SSSR count). The molecule has 0 bridgehead atoms. The number of nitrogens with two attached hydrogens (primary N) is 2. The van der Waals surface area contributed by atoms with Gasteiger partial charge in [-0.2, -0.15) is 0 Å². The molecule has 1 aromatic rings. The summed E-state index contributed by atoms with van der Waals surface area (Å²) in [6.07, 6.45) is 0.718. The van der Waals surface area contributed by atoms with Crippen LogP contribution in [0.1, 0.15) is 6.42 Å². The van der Waals surface area contributed by atoms with Gasteiger partial charge in [-0.05, 0) is 24.3 Å². The Hall–Kier alpha value is -2.58. The van der Waals surface area contributed by atoms with Gasteiger partial charge in [0.15, 0.2) is 5.96 Å². The van der Waals surface area contributed by atoms with Crippen molar-refractivity contribution in [3.63, 3.8) is 0 Å². The lowest BCUT2D eigenvalue weighted by molar-refractivity contribution is -0.742. The summed E-state index contributed by atoms with van der Waals surface area (Å²) in [5.41, 5.74) is 10.3. The maximum Gasteiger partial charge on any atom is 0.291 e. The second-order valence-electron chi connectivity index (χ2n) is 3.20. The molecule has 0 aromatic heterocycles. The Morgan fingerprint density at radius 2 is 1.95 bits per heavy atom. The summed E-state index contributed by atoms with van der Waals surface area (Å²) in [5.74, 6) is 0.445. The molecule has 8 nitrogen and oxygen atoms in total. The van der Waals surface area contributed by atoms with Crippen LogP contribution in [-0.4, -0.2) is 29.4 Å². The summed E-state index contributed by atoms with van der Waals surface area (Å²) in [4.78, 5) is 12.2. The zero-order chi connectivity index (χ0) is 14.7. The number of hydrogen-bond donors (Lipinski definition) is 3. The highest BCUT2D eigenvalue weighted by molar-refractivity contribution is 5.75. The third kappa shape index (κ3) is 11.7. The Morgan fingerprint density at radius 1 is 1.42 bits per heavy atom. The second-order valence-corrected chi connectivity index (χ2v) is 3.20. The number of hydrogen-bond acceptors (Lipinski definition) is 4. The highest BCUT2D eigenvalue weighted by Gasteiger charge is 1.94. The van der Waals surface area contributed by atoms with Crippen LogP contribution in [0, 0.1) is 15.9 Å². The van der Waals surface area contributed by atoms with Gasteiger partial charge in [-0.15, -0.1) is 10.1 Å². The molecule has 0 spiro atoms. The first-order valence-corrected chi connectivity index (χ1v) is 5.19. The van der Waals surface area contributed by atoms with Crippen molar-refractivity contribution in [2.24, 2.45) is 16.5 Å². The predicted octanol–water partition coefficient (Wildman–Crippen LogP) is 0.520. The summed E-state index contributed by atoms with van der Waals surface area (Å²) >= 11 is 0. The molecule has 0 unspecified atom stereocenters. The van der Waals surface area contributed by atoms with Crippen molar-refractivity contribution in [3.8, 4) is 5.75 Å². The predicted molar refractivity (Wildman–Crippen MR) is 66.0 cm³/mol. The molecular weight excluding hydrogens is 259 g/mol. The van der Waals surface area contributed by atoms with Crippen molar-refractivity contribution in [3.05, 3.63) is 40.2 Å². The second kappa shape index (κ2) is 9.45. The summed E-state index contributed by atoms with van der Waals surface area (Å²) < 4.78 is 17.8. The molecule has 0 radical (unpaired) electrons. The van der Waals surface area contributed by atoms with Gasteiger partial charge in [-0.25, -0.2) is 4.39 Å². The van der Waals surface area contributed by atoms with Crippen LogP contribution in [0.4, 0.5) is 4.39 Å². The molecular formula is C10H15FN4O4. The molecule has 0 atom stereocenters. The molecule has 0 aliphatic rings. The number of benzene rings is 1. The minimum Gasteiger partial charge on any atom is -0.494 e. The summed E-state index contributed by atoms with van der Waals surface area (Å²) in [7, 11) is 0. The molecule has 9 heteroatoms. The lowest BCUT2D eigenvalue weighted by Crippen LogP contribution is -2.23. The molecule has 19 heavy (non-hydrogen) atoms. The van der Waals surface area contributed by atoms with E-state index in [4.69, 9.17) is 31.5 Å². The van der Waals surface area contributed by atoms with Crippen molar-refractivity contribution in [1.82, 2.24) is 0 Å². The van der Waals surface area contributed by atoms with Gasteiger partial charge in [-0.1, -0.05) is 0 Å². The zero-order valence-corrected chi connectivity index (χ0v) is 10.0. The molecule has 0 fully saturated rings. The molecule has 106 valence electrons. The van der Waals surface area contributed by atoms with Crippen LogP contribution in [0.15, 0.2) is 29.3 Å². The van der Waals surface area contributed by atoms with E-state index >= 15 is 0 Å². The third-order valence-corrected chi connectivity index (χ3v) is 1.68. The number of ether oxygens (including phenoxy) is 1. The minimum atomic E-state index is -1.50. The lowest BCUT2D eigenvalue weighted by atomic mass is 10.3. The Balaban J connectivity index is 0.000000711. The van der Waals surface area contributed by atoms with Crippen molar-refractivity contribution >= 4 is 5.96 Å². The molecule has 0 aliphatic heterocycles. The van der Waals surface area contributed by atoms with E-state index in [1.165, 1.54) is 12.1 Å². The number of aliphatic imine (C=N–C) groups is 1. The topological polar surface area (TPSA) is 137 Å². The fraction of sp³-hybridized carbons (Fsp3) is 0.300. The Bertz CT molecular complexity index is 402. The molecule has 0 heterocycles. The van der Waals surface area contributed by atoms with Gasteiger partial charge in [0.05, 0.1) is 6.61 Å². The van der Waals surface area contributed by atoms with Gasteiger partial charge in [0.2, 0.25) is 0 Å². The fourth-order valence-electron chi connectivity index (χ4n) is 0.994. The van der Waals surface area contributed by atoms with Crippen LogP contribution >= 0.6 is 0 Å². The van der Waals surface area contributed by atoms with Gasteiger partial charge in [0.25, 0.3) is 5.09 Å². The fourth-order valence-corrected chi connectivity index (χ4v) is 0.994. The van der Waals surface area contributed by atoms with Crippen molar-refractivity contribution < 1.29 is 19.4 Å². The van der Waals surface area contributed by atoms with E-state index in [1.54, 1.807) is 12.1 Å².